The van der Waals surface area contributed by atoms with E-state index < -0.39 is 5.56 Å². The average Bonchev–Trinajstić information content (AvgIpc) is 2.86. The van der Waals surface area contributed by atoms with Gasteiger partial charge in [0.25, 0.3) is 11.5 Å². The maximum atomic E-state index is 13.6. The van der Waals surface area contributed by atoms with Gasteiger partial charge in [-0.15, -0.1) is 0 Å². The number of rotatable bonds is 8. The first-order valence-electron chi connectivity index (χ1n) is 11.3. The van der Waals surface area contributed by atoms with Gasteiger partial charge in [-0.2, -0.15) is 9.78 Å². The van der Waals surface area contributed by atoms with Crippen LogP contribution in [0.1, 0.15) is 24.2 Å². The fraction of sp³-hybridized carbons (Fsp3) is 0.148. The molecule has 0 atom stereocenters. The number of nitrogens with zero attached hydrogens (tertiary/aromatic N) is 2. The number of nitrogens with one attached hydrogen (secondary N) is 2. The van der Waals surface area contributed by atoms with Crippen LogP contribution in [0.25, 0.3) is 5.69 Å². The summed E-state index contributed by atoms with van der Waals surface area (Å²) in [7, 11) is 0. The maximum absolute atomic E-state index is 13.6. The van der Waals surface area contributed by atoms with Crippen molar-refractivity contribution in [3.8, 4) is 17.2 Å². The fourth-order valence-electron chi connectivity index (χ4n) is 3.33. The van der Waals surface area contributed by atoms with Crippen LogP contribution < -0.4 is 20.9 Å². The first-order chi connectivity index (χ1) is 17.3. The summed E-state index contributed by atoms with van der Waals surface area (Å²) >= 11 is 12.1. The lowest BCUT2D eigenvalue weighted by Gasteiger charge is -2.15. The van der Waals surface area contributed by atoms with Crippen LogP contribution in [0.2, 0.25) is 10.0 Å². The predicted molar refractivity (Wildman–Crippen MR) is 143 cm³/mol. The van der Waals surface area contributed by atoms with Gasteiger partial charge in [0.2, 0.25) is 0 Å². The third-order valence-corrected chi connectivity index (χ3v) is 5.59. The first kappa shape index (κ1) is 25.3. The molecule has 9 heteroatoms. The Morgan fingerprint density at radius 1 is 1.00 bits per heavy atom. The summed E-state index contributed by atoms with van der Waals surface area (Å²) in [4.78, 5) is 26.1. The highest BCUT2D eigenvalue weighted by Crippen LogP contribution is 2.30. The third kappa shape index (κ3) is 6.24. The molecule has 0 radical (unpaired) electrons. The molecule has 0 aliphatic heterocycles. The second-order valence-electron chi connectivity index (χ2n) is 8.45. The van der Waals surface area contributed by atoms with Gasteiger partial charge < -0.3 is 15.4 Å². The van der Waals surface area contributed by atoms with Crippen molar-refractivity contribution in [2.45, 2.75) is 13.8 Å². The molecule has 0 fully saturated rings. The van der Waals surface area contributed by atoms with Crippen LogP contribution in [0, 0.1) is 5.92 Å². The summed E-state index contributed by atoms with van der Waals surface area (Å²) in [6.45, 7) is 4.61. The molecule has 184 valence electrons. The van der Waals surface area contributed by atoms with Gasteiger partial charge in [0.15, 0.2) is 11.4 Å². The Hall–Kier alpha value is -3.81. The minimum absolute atomic E-state index is 0.139. The molecule has 0 saturated heterocycles. The van der Waals surface area contributed by atoms with Gasteiger partial charge in [0.1, 0.15) is 5.75 Å². The molecule has 3 aromatic carbocycles. The summed E-state index contributed by atoms with van der Waals surface area (Å²) in [6.07, 6.45) is 1.44. The largest absolute Gasteiger partial charge is 0.453 e. The molecule has 0 saturated carbocycles. The van der Waals surface area contributed by atoms with Crippen LogP contribution in [-0.4, -0.2) is 22.2 Å². The summed E-state index contributed by atoms with van der Waals surface area (Å²) in [5.74, 6) is 0.807. The molecule has 0 unspecified atom stereocenters. The Bertz CT molecular complexity index is 1440. The maximum Gasteiger partial charge on any atom is 0.299 e. The van der Waals surface area contributed by atoms with Crippen LogP contribution in [0.3, 0.4) is 0 Å². The van der Waals surface area contributed by atoms with Crippen LogP contribution in [0.15, 0.2) is 83.8 Å². The number of ether oxygens (including phenoxy) is 1. The summed E-state index contributed by atoms with van der Waals surface area (Å²) < 4.78 is 7.20. The summed E-state index contributed by atoms with van der Waals surface area (Å²) in [6, 6.07) is 20.4. The van der Waals surface area contributed by atoms with Crippen molar-refractivity contribution in [2.24, 2.45) is 5.92 Å². The molecule has 4 rings (SSSR count). The molecule has 1 aromatic heterocycles. The number of halogens is 2. The molecule has 0 bridgehead atoms. The second kappa shape index (κ2) is 11.3. The quantitative estimate of drug-likeness (QED) is 0.277. The molecule has 1 heterocycles. The first-order valence-corrected chi connectivity index (χ1v) is 12.0. The molecular formula is C27H24Cl2N4O3. The van der Waals surface area contributed by atoms with Crippen molar-refractivity contribution in [3.05, 3.63) is 105 Å². The van der Waals surface area contributed by atoms with E-state index in [0.717, 1.165) is 0 Å². The lowest BCUT2D eigenvalue weighted by Crippen LogP contribution is -2.27. The van der Waals surface area contributed by atoms with Crippen LogP contribution in [0.4, 0.5) is 11.4 Å². The molecule has 0 aliphatic carbocycles. The molecule has 36 heavy (non-hydrogen) atoms. The van der Waals surface area contributed by atoms with Gasteiger partial charge in [-0.05, 0) is 66.6 Å². The highest BCUT2D eigenvalue weighted by molar-refractivity contribution is 6.31. The highest BCUT2D eigenvalue weighted by atomic mass is 35.5. The number of anilines is 2. The van der Waals surface area contributed by atoms with E-state index in [4.69, 9.17) is 27.9 Å². The highest BCUT2D eigenvalue weighted by Gasteiger charge is 2.16. The lowest BCUT2D eigenvalue weighted by atomic mass is 10.1. The van der Waals surface area contributed by atoms with Crippen molar-refractivity contribution in [1.29, 1.82) is 0 Å². The normalized spacial score (nSPS) is 10.8. The van der Waals surface area contributed by atoms with Crippen molar-refractivity contribution >= 4 is 40.5 Å². The van der Waals surface area contributed by atoms with E-state index in [1.54, 1.807) is 72.8 Å². The summed E-state index contributed by atoms with van der Waals surface area (Å²) in [5, 5.41) is 11.3. The van der Waals surface area contributed by atoms with E-state index >= 15 is 0 Å². The van der Waals surface area contributed by atoms with E-state index in [1.807, 2.05) is 13.8 Å². The van der Waals surface area contributed by atoms with Crippen molar-refractivity contribution < 1.29 is 9.53 Å². The minimum atomic E-state index is -0.460. The van der Waals surface area contributed by atoms with Crippen molar-refractivity contribution in [3.63, 3.8) is 0 Å². The zero-order valence-corrected chi connectivity index (χ0v) is 21.2. The van der Waals surface area contributed by atoms with Gasteiger partial charge in [0.05, 0.1) is 11.9 Å². The minimum Gasteiger partial charge on any atom is -0.453 e. The Balaban J connectivity index is 1.73. The van der Waals surface area contributed by atoms with E-state index in [1.165, 1.54) is 10.9 Å². The number of hydrogen-bond acceptors (Lipinski definition) is 5. The van der Waals surface area contributed by atoms with Gasteiger partial charge >= 0.3 is 0 Å². The van der Waals surface area contributed by atoms with E-state index in [-0.39, 0.29) is 17.3 Å². The van der Waals surface area contributed by atoms with Crippen molar-refractivity contribution in [1.82, 2.24) is 15.1 Å². The molecular weight excluding hydrogens is 499 g/mol. The molecule has 1 amide bonds. The second-order valence-corrected chi connectivity index (χ2v) is 9.32. The standard InChI is InChI=1S/C27H24Cl2N4O3/c1-17(2)15-30-26(34)18-5-3-7-21(13-18)32-25-24(36-23-11-9-19(28)10-12-23)16-31-33(27(25)35)22-8-4-6-20(29)14-22/h3-14,16-17,32H,15H2,1-2H3,(H,30,34). The van der Waals surface area contributed by atoms with Crippen LogP contribution >= 0.6 is 23.2 Å². The van der Waals surface area contributed by atoms with Gasteiger partial charge in [0, 0.05) is 27.8 Å². The Labute approximate surface area is 218 Å². The smallest absolute Gasteiger partial charge is 0.299 e. The Morgan fingerprint density at radius 2 is 1.75 bits per heavy atom. The predicted octanol–water partition coefficient (Wildman–Crippen LogP) is 6.46. The van der Waals surface area contributed by atoms with Gasteiger partial charge in [-0.1, -0.05) is 49.2 Å². The molecule has 7 nitrogen and oxygen atoms in total. The van der Waals surface area contributed by atoms with E-state index in [0.29, 0.717) is 45.2 Å². The lowest BCUT2D eigenvalue weighted by molar-refractivity contribution is 0.0949. The molecule has 4 aromatic rings. The Morgan fingerprint density at radius 3 is 2.47 bits per heavy atom. The number of hydrogen-bond donors (Lipinski definition) is 2. The number of benzene rings is 3. The van der Waals surface area contributed by atoms with E-state index in [2.05, 4.69) is 15.7 Å². The Kier molecular flexibility index (Phi) is 7.93. The SMILES string of the molecule is CC(C)CNC(=O)c1cccc(Nc2c(Oc3ccc(Cl)cc3)cnn(-c3cccc(Cl)c3)c2=O)c1. The number of carbonyl (C=O) groups excluding carboxylic acids is 1. The molecule has 2 N–H and O–H groups in total. The zero-order chi connectivity index (χ0) is 25.7. The number of amides is 1. The van der Waals surface area contributed by atoms with E-state index in [9.17, 15) is 9.59 Å². The summed E-state index contributed by atoms with van der Waals surface area (Å²) in [5.41, 5.74) is 1.17. The number of aromatic nitrogens is 2. The molecule has 0 aliphatic rings. The van der Waals surface area contributed by atoms with Crippen LogP contribution in [-0.2, 0) is 0 Å². The van der Waals surface area contributed by atoms with Gasteiger partial charge in [-0.25, -0.2) is 0 Å². The number of carbonyl (C=O) groups is 1. The average molecular weight is 523 g/mol. The topological polar surface area (TPSA) is 85.2 Å². The molecule has 0 spiro atoms. The van der Waals surface area contributed by atoms with Crippen molar-refractivity contribution in [2.75, 3.05) is 11.9 Å². The monoisotopic (exact) mass is 522 g/mol. The fourth-order valence-corrected chi connectivity index (χ4v) is 3.64. The van der Waals surface area contributed by atoms with Crippen LogP contribution in [0.5, 0.6) is 11.5 Å². The zero-order valence-electron chi connectivity index (χ0n) is 19.7. The third-order valence-electron chi connectivity index (χ3n) is 5.10. The van der Waals surface area contributed by atoms with Gasteiger partial charge in [-0.3, -0.25) is 9.59 Å².